The number of amides is 1. The van der Waals surface area contributed by atoms with Crippen LogP contribution in [-0.4, -0.2) is 43.4 Å². The first-order valence-corrected chi connectivity index (χ1v) is 5.75. The molecule has 1 amide bonds. The number of nitrogens with one attached hydrogen (secondary N) is 1. The van der Waals surface area contributed by atoms with Gasteiger partial charge in [0.05, 0.1) is 0 Å². The zero-order valence-electron chi connectivity index (χ0n) is 9.18. The van der Waals surface area contributed by atoms with Gasteiger partial charge in [0.1, 0.15) is 0 Å². The molecule has 0 atom stereocenters. The smallest absolute Gasteiger partial charge is 0.220 e. The largest absolute Gasteiger partial charge is 0.355 e. The van der Waals surface area contributed by atoms with Crippen LogP contribution in [0.15, 0.2) is 0 Å². The van der Waals surface area contributed by atoms with Crippen LogP contribution in [0.5, 0.6) is 0 Å². The fourth-order valence-electron chi connectivity index (χ4n) is 1.01. The molecule has 0 aromatic rings. The molecule has 0 unspecified atom stereocenters. The van der Waals surface area contributed by atoms with Crippen molar-refractivity contribution in [2.45, 2.75) is 26.2 Å². The number of hydrogen-bond acceptors (Lipinski definition) is 2. The minimum Gasteiger partial charge on any atom is -0.355 e. The minimum absolute atomic E-state index is 0.139. The maximum absolute atomic E-state index is 11.2. The molecule has 0 aliphatic carbocycles. The summed E-state index contributed by atoms with van der Waals surface area (Å²) >= 11 is 5.51. The zero-order valence-corrected chi connectivity index (χ0v) is 9.94. The summed E-state index contributed by atoms with van der Waals surface area (Å²) in [5.74, 6) is 0.783. The summed E-state index contributed by atoms with van der Waals surface area (Å²) in [7, 11) is 2.04. The Hall–Kier alpha value is -0.280. The van der Waals surface area contributed by atoms with Gasteiger partial charge < -0.3 is 10.2 Å². The molecule has 0 fully saturated rings. The average Bonchev–Trinajstić information content (AvgIpc) is 2.18. The molecule has 0 aliphatic heterocycles. The Morgan fingerprint density at radius 2 is 2.14 bits per heavy atom. The lowest BCUT2D eigenvalue weighted by molar-refractivity contribution is -0.121. The maximum Gasteiger partial charge on any atom is 0.220 e. The first-order valence-electron chi connectivity index (χ1n) is 5.22. The number of rotatable bonds is 8. The van der Waals surface area contributed by atoms with Crippen molar-refractivity contribution < 1.29 is 4.79 Å². The van der Waals surface area contributed by atoms with Crippen LogP contribution in [0, 0.1) is 0 Å². The molecule has 0 rings (SSSR count). The van der Waals surface area contributed by atoms with Gasteiger partial charge >= 0.3 is 0 Å². The van der Waals surface area contributed by atoms with E-state index in [-0.39, 0.29) is 5.91 Å². The monoisotopic (exact) mass is 220 g/mol. The lowest BCUT2D eigenvalue weighted by Crippen LogP contribution is -2.32. The van der Waals surface area contributed by atoms with E-state index in [9.17, 15) is 4.79 Å². The highest BCUT2D eigenvalue weighted by Crippen LogP contribution is 1.96. The third-order valence-corrected chi connectivity index (χ3v) is 2.41. The SMILES string of the molecule is CCN(C)CCNC(=O)CCCCCl. The molecular weight excluding hydrogens is 200 g/mol. The lowest BCUT2D eigenvalue weighted by atomic mass is 10.2. The topological polar surface area (TPSA) is 32.3 Å². The highest BCUT2D eigenvalue weighted by atomic mass is 35.5. The van der Waals surface area contributed by atoms with Crippen LogP contribution in [0.4, 0.5) is 0 Å². The summed E-state index contributed by atoms with van der Waals surface area (Å²) in [6.45, 7) is 4.77. The molecule has 3 nitrogen and oxygen atoms in total. The number of halogens is 1. The fraction of sp³-hybridized carbons (Fsp3) is 0.900. The van der Waals surface area contributed by atoms with Gasteiger partial charge in [0.2, 0.25) is 5.91 Å². The summed E-state index contributed by atoms with van der Waals surface area (Å²) in [5, 5.41) is 2.88. The number of nitrogens with zero attached hydrogens (tertiary/aromatic N) is 1. The minimum atomic E-state index is 0.139. The van der Waals surface area contributed by atoms with Crippen molar-refractivity contribution in [2.75, 3.05) is 32.6 Å². The Morgan fingerprint density at radius 3 is 2.71 bits per heavy atom. The standard InChI is InChI=1S/C10H21ClN2O/c1-3-13(2)9-8-12-10(14)6-4-5-7-11/h3-9H2,1-2H3,(H,12,14). The van der Waals surface area contributed by atoms with Gasteiger partial charge in [0.25, 0.3) is 0 Å². The molecule has 0 bridgehead atoms. The molecule has 84 valence electrons. The van der Waals surface area contributed by atoms with Crippen LogP contribution >= 0.6 is 11.6 Å². The van der Waals surface area contributed by atoms with E-state index in [4.69, 9.17) is 11.6 Å². The molecule has 0 heterocycles. The second-order valence-electron chi connectivity index (χ2n) is 3.39. The molecule has 0 aromatic heterocycles. The molecule has 14 heavy (non-hydrogen) atoms. The first kappa shape index (κ1) is 13.7. The van der Waals surface area contributed by atoms with E-state index < -0.39 is 0 Å². The second-order valence-corrected chi connectivity index (χ2v) is 3.77. The van der Waals surface area contributed by atoms with Crippen LogP contribution in [0.1, 0.15) is 26.2 Å². The molecule has 0 saturated carbocycles. The van der Waals surface area contributed by atoms with Crippen LogP contribution in [0.2, 0.25) is 0 Å². The van der Waals surface area contributed by atoms with Gasteiger partial charge in [-0.15, -0.1) is 11.6 Å². The zero-order chi connectivity index (χ0) is 10.8. The van der Waals surface area contributed by atoms with E-state index in [1.807, 2.05) is 7.05 Å². The molecule has 1 N–H and O–H groups in total. The van der Waals surface area contributed by atoms with Crippen LogP contribution in [-0.2, 0) is 4.79 Å². The molecule has 0 radical (unpaired) electrons. The number of alkyl halides is 1. The Bertz CT molecular complexity index is 153. The Labute approximate surface area is 91.8 Å². The molecule has 4 heteroatoms. The third-order valence-electron chi connectivity index (χ3n) is 2.14. The van der Waals surface area contributed by atoms with Crippen molar-refractivity contribution in [1.29, 1.82) is 0 Å². The average molecular weight is 221 g/mol. The van der Waals surface area contributed by atoms with E-state index in [1.165, 1.54) is 0 Å². The van der Waals surface area contributed by atoms with E-state index in [2.05, 4.69) is 17.1 Å². The van der Waals surface area contributed by atoms with Gasteiger partial charge in [0, 0.05) is 25.4 Å². The van der Waals surface area contributed by atoms with E-state index in [0.29, 0.717) is 12.3 Å². The normalized spacial score (nSPS) is 10.6. The quantitative estimate of drug-likeness (QED) is 0.496. The molecular formula is C10H21ClN2O. The molecule has 0 spiro atoms. The van der Waals surface area contributed by atoms with Crippen LogP contribution in [0.25, 0.3) is 0 Å². The van der Waals surface area contributed by atoms with E-state index >= 15 is 0 Å². The van der Waals surface area contributed by atoms with Crippen molar-refractivity contribution in [1.82, 2.24) is 10.2 Å². The predicted octanol–water partition coefficient (Wildman–Crippen LogP) is 1.46. The number of hydrogen-bond donors (Lipinski definition) is 1. The Kier molecular flexibility index (Phi) is 9.10. The Balaban J connectivity index is 3.26. The molecule has 0 aromatic carbocycles. The number of unbranched alkanes of at least 4 members (excludes halogenated alkanes) is 1. The number of carbonyl (C=O) groups excluding carboxylic acids is 1. The van der Waals surface area contributed by atoms with Gasteiger partial charge in [-0.2, -0.15) is 0 Å². The third kappa shape index (κ3) is 8.32. The molecule has 0 saturated heterocycles. The lowest BCUT2D eigenvalue weighted by Gasteiger charge is -2.13. The van der Waals surface area contributed by atoms with Crippen LogP contribution in [0.3, 0.4) is 0 Å². The summed E-state index contributed by atoms with van der Waals surface area (Å²) < 4.78 is 0. The summed E-state index contributed by atoms with van der Waals surface area (Å²) in [6.07, 6.45) is 2.41. The van der Waals surface area contributed by atoms with Crippen molar-refractivity contribution >= 4 is 17.5 Å². The van der Waals surface area contributed by atoms with Crippen molar-refractivity contribution in [3.8, 4) is 0 Å². The second kappa shape index (κ2) is 9.28. The highest BCUT2D eigenvalue weighted by molar-refractivity contribution is 6.17. The van der Waals surface area contributed by atoms with Gasteiger partial charge in [-0.3, -0.25) is 4.79 Å². The van der Waals surface area contributed by atoms with Gasteiger partial charge in [0.15, 0.2) is 0 Å². The van der Waals surface area contributed by atoms with Crippen molar-refractivity contribution in [3.63, 3.8) is 0 Å². The van der Waals surface area contributed by atoms with Crippen LogP contribution < -0.4 is 5.32 Å². The highest BCUT2D eigenvalue weighted by Gasteiger charge is 2.00. The van der Waals surface area contributed by atoms with Gasteiger partial charge in [-0.05, 0) is 26.4 Å². The molecule has 0 aliphatic rings. The van der Waals surface area contributed by atoms with Gasteiger partial charge in [-0.1, -0.05) is 6.92 Å². The summed E-state index contributed by atoms with van der Waals surface area (Å²) in [4.78, 5) is 13.4. The maximum atomic E-state index is 11.2. The number of likely N-dealkylation sites (N-methyl/N-ethyl adjacent to an activating group) is 1. The summed E-state index contributed by atoms with van der Waals surface area (Å²) in [6, 6.07) is 0. The van der Waals surface area contributed by atoms with Crippen molar-refractivity contribution in [2.24, 2.45) is 0 Å². The number of carbonyl (C=O) groups is 1. The van der Waals surface area contributed by atoms with Crippen molar-refractivity contribution in [3.05, 3.63) is 0 Å². The first-order chi connectivity index (χ1) is 6.70. The van der Waals surface area contributed by atoms with E-state index in [0.717, 1.165) is 32.5 Å². The predicted molar refractivity (Wildman–Crippen MR) is 60.8 cm³/mol. The Morgan fingerprint density at radius 1 is 1.43 bits per heavy atom. The van der Waals surface area contributed by atoms with Gasteiger partial charge in [-0.25, -0.2) is 0 Å². The fourth-order valence-corrected chi connectivity index (χ4v) is 1.20. The summed E-state index contributed by atoms with van der Waals surface area (Å²) in [5.41, 5.74) is 0. The van der Waals surface area contributed by atoms with E-state index in [1.54, 1.807) is 0 Å².